The fourth-order valence-electron chi connectivity index (χ4n) is 3.23. The van der Waals surface area contributed by atoms with E-state index in [1.807, 2.05) is 56.3 Å². The zero-order valence-corrected chi connectivity index (χ0v) is 18.5. The molecule has 0 bridgehead atoms. The first-order valence-corrected chi connectivity index (χ1v) is 10.5. The molecule has 1 amide bonds. The Hall–Kier alpha value is -3.51. The van der Waals surface area contributed by atoms with E-state index in [1.54, 1.807) is 6.07 Å². The molecule has 3 aromatic carbocycles. The van der Waals surface area contributed by atoms with Gasteiger partial charge in [-0.15, -0.1) is 0 Å². The number of amides is 1. The van der Waals surface area contributed by atoms with Crippen molar-refractivity contribution in [2.24, 2.45) is 0 Å². The highest BCUT2D eigenvalue weighted by molar-refractivity contribution is 7.80. The van der Waals surface area contributed by atoms with Crippen LogP contribution in [0.4, 0.5) is 5.69 Å². The Morgan fingerprint density at radius 1 is 1.00 bits per heavy atom. The second kappa shape index (κ2) is 8.70. The van der Waals surface area contributed by atoms with E-state index in [0.29, 0.717) is 11.5 Å². The number of nitrogens with one attached hydrogen (secondary N) is 2. The van der Waals surface area contributed by atoms with Gasteiger partial charge in [0.2, 0.25) is 5.89 Å². The Bertz CT molecular complexity index is 1280. The number of carbonyl (C=O) groups is 1. The summed E-state index contributed by atoms with van der Waals surface area (Å²) in [5.41, 5.74) is 7.25. The van der Waals surface area contributed by atoms with Crippen LogP contribution in [0, 0.1) is 13.8 Å². The highest BCUT2D eigenvalue weighted by Crippen LogP contribution is 2.26. The number of anilines is 1. The second-order valence-electron chi connectivity index (χ2n) is 7.46. The van der Waals surface area contributed by atoms with E-state index < -0.39 is 0 Å². The molecule has 0 fully saturated rings. The molecule has 31 heavy (non-hydrogen) atoms. The molecular formula is C25H23N3O2S. The third kappa shape index (κ3) is 4.64. The van der Waals surface area contributed by atoms with Gasteiger partial charge in [-0.1, -0.05) is 19.1 Å². The van der Waals surface area contributed by atoms with Gasteiger partial charge in [0.05, 0.1) is 0 Å². The predicted octanol–water partition coefficient (Wildman–Crippen LogP) is 5.80. The molecule has 0 aliphatic rings. The first-order valence-electron chi connectivity index (χ1n) is 10.1. The van der Waals surface area contributed by atoms with Gasteiger partial charge < -0.3 is 9.73 Å². The average molecular weight is 430 g/mol. The van der Waals surface area contributed by atoms with Gasteiger partial charge >= 0.3 is 0 Å². The van der Waals surface area contributed by atoms with Crippen molar-refractivity contribution in [2.75, 3.05) is 5.32 Å². The number of oxazole rings is 1. The molecule has 0 unspecified atom stereocenters. The van der Waals surface area contributed by atoms with E-state index in [1.165, 1.54) is 5.56 Å². The van der Waals surface area contributed by atoms with Crippen molar-refractivity contribution in [2.45, 2.75) is 27.2 Å². The van der Waals surface area contributed by atoms with Crippen molar-refractivity contribution in [1.82, 2.24) is 10.3 Å². The molecule has 0 aliphatic heterocycles. The van der Waals surface area contributed by atoms with E-state index in [0.717, 1.165) is 39.9 Å². The monoisotopic (exact) mass is 429 g/mol. The Balaban J connectivity index is 1.42. The minimum absolute atomic E-state index is 0.241. The van der Waals surface area contributed by atoms with Crippen LogP contribution in [0.2, 0.25) is 0 Å². The molecule has 6 heteroatoms. The van der Waals surface area contributed by atoms with E-state index in [9.17, 15) is 4.79 Å². The molecule has 0 radical (unpaired) electrons. The Kier molecular flexibility index (Phi) is 5.82. The SMILES string of the molecule is CCc1ccc2oc(-c3ccc(NC(=S)NC(=O)c4ccc(C)c(C)c4)cc3)nc2c1. The zero-order valence-electron chi connectivity index (χ0n) is 17.7. The number of hydrogen-bond donors (Lipinski definition) is 2. The van der Waals surface area contributed by atoms with Crippen molar-refractivity contribution in [3.63, 3.8) is 0 Å². The largest absolute Gasteiger partial charge is 0.436 e. The normalized spacial score (nSPS) is 10.8. The third-order valence-corrected chi connectivity index (χ3v) is 5.45. The molecule has 1 heterocycles. The van der Waals surface area contributed by atoms with Crippen LogP contribution in [0.5, 0.6) is 0 Å². The molecule has 0 spiro atoms. The molecule has 0 saturated carbocycles. The Morgan fingerprint density at radius 2 is 1.77 bits per heavy atom. The van der Waals surface area contributed by atoms with Crippen molar-refractivity contribution in [3.05, 3.63) is 82.9 Å². The minimum Gasteiger partial charge on any atom is -0.436 e. The lowest BCUT2D eigenvalue weighted by molar-refractivity contribution is 0.0977. The van der Waals surface area contributed by atoms with Gasteiger partial charge in [0.15, 0.2) is 10.7 Å². The van der Waals surface area contributed by atoms with Gasteiger partial charge in [-0.2, -0.15) is 0 Å². The predicted molar refractivity (Wildman–Crippen MR) is 128 cm³/mol. The van der Waals surface area contributed by atoms with Crippen molar-refractivity contribution < 1.29 is 9.21 Å². The summed E-state index contributed by atoms with van der Waals surface area (Å²) in [7, 11) is 0. The maximum atomic E-state index is 12.4. The lowest BCUT2D eigenvalue weighted by Crippen LogP contribution is -2.34. The van der Waals surface area contributed by atoms with E-state index >= 15 is 0 Å². The number of rotatable bonds is 4. The van der Waals surface area contributed by atoms with Crippen LogP contribution in [0.15, 0.2) is 65.1 Å². The fourth-order valence-corrected chi connectivity index (χ4v) is 3.44. The summed E-state index contributed by atoms with van der Waals surface area (Å²) in [6, 6.07) is 19.2. The molecule has 5 nitrogen and oxygen atoms in total. The molecule has 1 aromatic heterocycles. The lowest BCUT2D eigenvalue weighted by Gasteiger charge is -2.10. The Labute approximate surface area is 186 Å². The van der Waals surface area contributed by atoms with Crippen LogP contribution in [-0.2, 0) is 6.42 Å². The summed E-state index contributed by atoms with van der Waals surface area (Å²) < 4.78 is 5.88. The summed E-state index contributed by atoms with van der Waals surface area (Å²) >= 11 is 5.29. The summed E-state index contributed by atoms with van der Waals surface area (Å²) in [6.07, 6.45) is 0.957. The molecule has 4 rings (SSSR count). The molecule has 0 saturated heterocycles. The van der Waals surface area contributed by atoms with Crippen LogP contribution in [0.1, 0.15) is 34.0 Å². The van der Waals surface area contributed by atoms with Gasteiger partial charge in [0.25, 0.3) is 5.91 Å². The van der Waals surface area contributed by atoms with Crippen molar-refractivity contribution >= 4 is 40.0 Å². The lowest BCUT2D eigenvalue weighted by atomic mass is 10.1. The second-order valence-corrected chi connectivity index (χ2v) is 7.87. The van der Waals surface area contributed by atoms with Crippen LogP contribution in [-0.4, -0.2) is 16.0 Å². The number of aryl methyl sites for hydroxylation is 3. The standard InChI is InChI=1S/C25H23N3O2S/c1-4-17-6-12-22-21(14-17)27-24(30-22)18-8-10-20(11-9-18)26-25(31)28-23(29)19-7-5-15(2)16(3)13-19/h5-14H,4H2,1-3H3,(H2,26,28,29,31). The topological polar surface area (TPSA) is 67.2 Å². The zero-order chi connectivity index (χ0) is 22.0. The fraction of sp³-hybridized carbons (Fsp3) is 0.160. The van der Waals surface area contributed by atoms with Crippen molar-refractivity contribution in [3.8, 4) is 11.5 Å². The van der Waals surface area contributed by atoms with Crippen molar-refractivity contribution in [1.29, 1.82) is 0 Å². The van der Waals surface area contributed by atoms with E-state index in [-0.39, 0.29) is 11.0 Å². The molecule has 0 aliphatic carbocycles. The number of thiocarbonyl (C=S) groups is 1. The summed E-state index contributed by atoms with van der Waals surface area (Å²) in [4.78, 5) is 17.0. The number of benzene rings is 3. The maximum absolute atomic E-state index is 12.4. The van der Waals surface area contributed by atoms with Gasteiger partial charge in [0, 0.05) is 16.8 Å². The average Bonchev–Trinajstić information content (AvgIpc) is 3.19. The summed E-state index contributed by atoms with van der Waals surface area (Å²) in [5.74, 6) is 0.329. The van der Waals surface area contributed by atoms with Gasteiger partial charge in [-0.05, 0) is 97.7 Å². The molecule has 2 N–H and O–H groups in total. The van der Waals surface area contributed by atoms with Crippen LogP contribution < -0.4 is 10.6 Å². The minimum atomic E-state index is -0.241. The van der Waals surface area contributed by atoms with Gasteiger partial charge in [-0.25, -0.2) is 4.98 Å². The molecular weight excluding hydrogens is 406 g/mol. The van der Waals surface area contributed by atoms with E-state index in [4.69, 9.17) is 16.6 Å². The van der Waals surface area contributed by atoms with Crippen LogP contribution >= 0.6 is 12.2 Å². The van der Waals surface area contributed by atoms with Crippen LogP contribution in [0.3, 0.4) is 0 Å². The van der Waals surface area contributed by atoms with Gasteiger partial charge in [0.1, 0.15) is 5.52 Å². The molecule has 156 valence electrons. The molecule has 4 aromatic rings. The first kappa shape index (κ1) is 20.8. The molecule has 0 atom stereocenters. The smallest absolute Gasteiger partial charge is 0.257 e. The highest BCUT2D eigenvalue weighted by atomic mass is 32.1. The third-order valence-electron chi connectivity index (χ3n) is 5.25. The maximum Gasteiger partial charge on any atom is 0.257 e. The van der Waals surface area contributed by atoms with E-state index in [2.05, 4.69) is 34.7 Å². The summed E-state index contributed by atoms with van der Waals surface area (Å²) in [5, 5.41) is 5.99. The first-order chi connectivity index (χ1) is 14.9. The quantitative estimate of drug-likeness (QED) is 0.401. The number of aromatic nitrogens is 1. The van der Waals surface area contributed by atoms with Gasteiger partial charge in [-0.3, -0.25) is 10.1 Å². The number of fused-ring (bicyclic) bond motifs is 1. The highest BCUT2D eigenvalue weighted by Gasteiger charge is 2.11. The summed E-state index contributed by atoms with van der Waals surface area (Å²) in [6.45, 7) is 6.10. The van der Waals surface area contributed by atoms with Crippen LogP contribution in [0.25, 0.3) is 22.6 Å². The number of carbonyl (C=O) groups excluding carboxylic acids is 1. The number of hydrogen-bond acceptors (Lipinski definition) is 4. The Morgan fingerprint density at radius 3 is 2.48 bits per heavy atom. The number of nitrogens with zero attached hydrogens (tertiary/aromatic N) is 1.